The molecule has 1 aliphatic rings. The number of hydrogen-bond acceptors (Lipinski definition) is 7. The molecule has 3 heterocycles. The third kappa shape index (κ3) is 4.09. The summed E-state index contributed by atoms with van der Waals surface area (Å²) < 4.78 is 43.6. The third-order valence-corrected chi connectivity index (χ3v) is 5.46. The molecule has 0 aliphatic carbocycles. The number of anilines is 1. The quantitative estimate of drug-likeness (QED) is 0.637. The van der Waals surface area contributed by atoms with Crippen LogP contribution in [0, 0.1) is 12.3 Å². The smallest absolute Gasteiger partial charge is 0.388 e. The summed E-state index contributed by atoms with van der Waals surface area (Å²) in [6, 6.07) is 8.55. The van der Waals surface area contributed by atoms with Crippen molar-refractivity contribution >= 4 is 5.82 Å². The molecule has 0 atom stereocenters. The number of aliphatic hydroxyl groups excluding tert-OH is 1. The zero-order valence-electron chi connectivity index (χ0n) is 16.3. The highest BCUT2D eigenvalue weighted by Gasteiger charge is 2.36. The van der Waals surface area contributed by atoms with Gasteiger partial charge in [0.05, 0.1) is 11.0 Å². The van der Waals surface area contributed by atoms with Crippen molar-refractivity contribution in [2.45, 2.75) is 31.0 Å². The van der Waals surface area contributed by atoms with Gasteiger partial charge in [0.2, 0.25) is 0 Å². The monoisotopic (exact) mass is 429 g/mol. The summed E-state index contributed by atoms with van der Waals surface area (Å²) in [6.45, 7) is 0.821. The largest absolute Gasteiger partial charge is 0.416 e. The highest BCUT2D eigenvalue weighted by atomic mass is 19.4. The lowest BCUT2D eigenvalue weighted by Crippen LogP contribution is -2.42. The Kier molecular flexibility index (Phi) is 5.37. The molecule has 7 nitrogen and oxygen atoms in total. The summed E-state index contributed by atoms with van der Waals surface area (Å²) in [5.41, 5.74) is -0.224. The van der Waals surface area contributed by atoms with E-state index < -0.39 is 17.2 Å². The number of aliphatic hydroxyl groups is 1. The van der Waals surface area contributed by atoms with Crippen LogP contribution in [0.5, 0.6) is 0 Å². The van der Waals surface area contributed by atoms with E-state index in [1.807, 2.05) is 4.90 Å². The Bertz CT molecular complexity index is 1080. The van der Waals surface area contributed by atoms with Gasteiger partial charge in [0.15, 0.2) is 17.3 Å². The zero-order chi connectivity index (χ0) is 22.1. The van der Waals surface area contributed by atoms with Crippen LogP contribution in [0.2, 0.25) is 0 Å². The summed E-state index contributed by atoms with van der Waals surface area (Å²) in [6.07, 6.45) is 2.58. The maximum atomic E-state index is 12.9. The van der Waals surface area contributed by atoms with Crippen LogP contribution >= 0.6 is 0 Å². The Morgan fingerprint density at radius 3 is 2.32 bits per heavy atom. The molecule has 31 heavy (non-hydrogen) atoms. The summed E-state index contributed by atoms with van der Waals surface area (Å²) in [5.74, 6) is 3.77. The normalized spacial score (nSPS) is 16.2. The molecule has 2 aromatic heterocycles. The maximum Gasteiger partial charge on any atom is 0.416 e. The van der Waals surface area contributed by atoms with E-state index in [0.717, 1.165) is 12.1 Å². The topological polar surface area (TPSA) is 88.2 Å². The predicted octanol–water partition coefficient (Wildman–Crippen LogP) is 3.21. The first-order valence-electron chi connectivity index (χ1n) is 9.53. The lowest BCUT2D eigenvalue weighted by molar-refractivity contribution is -0.137. The van der Waals surface area contributed by atoms with Gasteiger partial charge < -0.3 is 14.5 Å². The average Bonchev–Trinajstić information content (AvgIpc) is 3.28. The number of nitrogens with zero attached hydrogens (tertiary/aromatic N) is 5. The molecule has 1 aromatic carbocycles. The Balaban J connectivity index is 1.46. The number of aromatic nitrogens is 4. The van der Waals surface area contributed by atoms with Crippen LogP contribution < -0.4 is 4.90 Å². The average molecular weight is 429 g/mol. The van der Waals surface area contributed by atoms with E-state index in [1.54, 1.807) is 12.1 Å². The molecule has 0 spiro atoms. The summed E-state index contributed by atoms with van der Waals surface area (Å²) in [5, 5.41) is 20.9. The van der Waals surface area contributed by atoms with Crippen molar-refractivity contribution in [2.24, 2.45) is 0 Å². The van der Waals surface area contributed by atoms with E-state index >= 15 is 0 Å². The minimum absolute atomic E-state index is 0.158. The Morgan fingerprint density at radius 2 is 1.81 bits per heavy atom. The predicted molar refractivity (Wildman–Crippen MR) is 105 cm³/mol. The highest BCUT2D eigenvalue weighted by Crippen LogP contribution is 2.38. The standard InChI is InChI=1S/C21H18F3N5O2/c1-2-20(14-3-5-15(6-4-14)21(22,23)24)9-11-29(12-10-20)18-8-7-16(26-27-18)19-25-17(13-30)28-31-19/h1,3-8,30H,9-13H2. The van der Waals surface area contributed by atoms with Crippen LogP contribution in [0.25, 0.3) is 11.6 Å². The number of benzene rings is 1. The van der Waals surface area contributed by atoms with Gasteiger partial charge >= 0.3 is 6.18 Å². The van der Waals surface area contributed by atoms with Crippen molar-refractivity contribution < 1.29 is 22.8 Å². The van der Waals surface area contributed by atoms with Gasteiger partial charge in [0.1, 0.15) is 6.61 Å². The Labute approximate surface area is 175 Å². The van der Waals surface area contributed by atoms with Crippen LogP contribution in [0.4, 0.5) is 19.0 Å². The molecule has 1 aliphatic heterocycles. The van der Waals surface area contributed by atoms with Crippen LogP contribution in [0.3, 0.4) is 0 Å². The number of hydrogen-bond donors (Lipinski definition) is 1. The molecule has 1 N–H and O–H groups in total. The number of rotatable bonds is 4. The molecule has 3 aromatic rings. The van der Waals surface area contributed by atoms with Crippen LogP contribution in [-0.2, 0) is 18.2 Å². The second-order valence-corrected chi connectivity index (χ2v) is 7.24. The molecule has 0 saturated carbocycles. The second-order valence-electron chi connectivity index (χ2n) is 7.24. The minimum atomic E-state index is -4.38. The van der Waals surface area contributed by atoms with Gasteiger partial charge in [-0.2, -0.15) is 18.2 Å². The molecular formula is C21H18F3N5O2. The molecule has 0 radical (unpaired) electrons. The van der Waals surface area contributed by atoms with Gasteiger partial charge in [0, 0.05) is 13.1 Å². The maximum absolute atomic E-state index is 12.9. The minimum Gasteiger partial charge on any atom is -0.388 e. The van der Waals surface area contributed by atoms with Gasteiger partial charge in [-0.15, -0.1) is 16.6 Å². The summed E-state index contributed by atoms with van der Waals surface area (Å²) >= 11 is 0. The van der Waals surface area contributed by atoms with E-state index in [1.165, 1.54) is 12.1 Å². The molecular weight excluding hydrogens is 411 g/mol. The van der Waals surface area contributed by atoms with Crippen molar-refractivity contribution in [1.29, 1.82) is 0 Å². The lowest BCUT2D eigenvalue weighted by atomic mass is 9.73. The van der Waals surface area contributed by atoms with Gasteiger partial charge in [0.25, 0.3) is 5.89 Å². The molecule has 1 saturated heterocycles. The number of alkyl halides is 3. The van der Waals surface area contributed by atoms with E-state index in [0.29, 0.717) is 43.0 Å². The van der Waals surface area contributed by atoms with Crippen molar-refractivity contribution in [3.8, 4) is 23.9 Å². The molecule has 0 amide bonds. The first kappa shape index (κ1) is 20.8. The molecule has 4 rings (SSSR count). The summed E-state index contributed by atoms with van der Waals surface area (Å²) in [4.78, 5) is 6.01. The van der Waals surface area contributed by atoms with Gasteiger partial charge in [-0.3, -0.25) is 0 Å². The zero-order valence-corrected chi connectivity index (χ0v) is 16.3. The van der Waals surface area contributed by atoms with Crippen molar-refractivity contribution in [3.05, 3.63) is 53.3 Å². The van der Waals surface area contributed by atoms with E-state index in [2.05, 4.69) is 26.3 Å². The fraction of sp³-hybridized carbons (Fsp3) is 0.333. The van der Waals surface area contributed by atoms with Gasteiger partial charge in [-0.25, -0.2) is 0 Å². The van der Waals surface area contributed by atoms with Crippen LogP contribution in [0.15, 0.2) is 40.9 Å². The second kappa shape index (κ2) is 8.00. The van der Waals surface area contributed by atoms with Gasteiger partial charge in [-0.1, -0.05) is 23.2 Å². The van der Waals surface area contributed by atoms with E-state index in [4.69, 9.17) is 16.1 Å². The fourth-order valence-corrected chi connectivity index (χ4v) is 3.64. The molecule has 1 fully saturated rings. The SMILES string of the molecule is C#CC1(c2ccc(C(F)(F)F)cc2)CCN(c2ccc(-c3nc(CO)no3)nn2)CC1. The van der Waals surface area contributed by atoms with Crippen molar-refractivity contribution in [3.63, 3.8) is 0 Å². The Morgan fingerprint density at radius 1 is 1.10 bits per heavy atom. The first-order valence-corrected chi connectivity index (χ1v) is 9.53. The van der Waals surface area contributed by atoms with Crippen LogP contribution in [-0.4, -0.2) is 38.5 Å². The van der Waals surface area contributed by atoms with Crippen molar-refractivity contribution in [2.75, 3.05) is 18.0 Å². The molecule has 10 heteroatoms. The highest BCUT2D eigenvalue weighted by molar-refractivity contribution is 5.50. The van der Waals surface area contributed by atoms with Crippen LogP contribution in [0.1, 0.15) is 29.8 Å². The summed E-state index contributed by atoms with van der Waals surface area (Å²) in [7, 11) is 0. The molecule has 0 bridgehead atoms. The van der Waals surface area contributed by atoms with Gasteiger partial charge in [-0.05, 0) is 42.7 Å². The Hall–Kier alpha value is -3.45. The van der Waals surface area contributed by atoms with E-state index in [9.17, 15) is 13.2 Å². The fourth-order valence-electron chi connectivity index (χ4n) is 3.64. The molecule has 160 valence electrons. The third-order valence-electron chi connectivity index (χ3n) is 5.46. The van der Waals surface area contributed by atoms with E-state index in [-0.39, 0.29) is 18.3 Å². The number of halogens is 3. The number of piperidine rings is 1. The lowest BCUT2D eigenvalue weighted by Gasteiger charge is -2.39. The molecule has 0 unspecified atom stereocenters. The van der Waals surface area contributed by atoms with Crippen molar-refractivity contribution in [1.82, 2.24) is 20.3 Å². The number of terminal acetylenes is 1. The first-order chi connectivity index (χ1) is 14.8.